The van der Waals surface area contributed by atoms with Crippen molar-refractivity contribution in [1.29, 1.82) is 0 Å². The Morgan fingerprint density at radius 2 is 1.86 bits per heavy atom. The third-order valence-corrected chi connectivity index (χ3v) is 8.10. The predicted molar refractivity (Wildman–Crippen MR) is 145 cm³/mol. The van der Waals surface area contributed by atoms with Gasteiger partial charge < -0.3 is 24.8 Å². The van der Waals surface area contributed by atoms with E-state index in [0.717, 1.165) is 12.3 Å². The van der Waals surface area contributed by atoms with Crippen LogP contribution in [0.15, 0.2) is 59.5 Å². The Morgan fingerprint density at radius 3 is 2.51 bits per heavy atom. The number of carbonyl (C=O) groups excluding carboxylic acids is 1. The SMILES string of the molecule is CC(C)OC(=O)[C@H](C)NP(=O)(OC[C@@]1(C(F)F)O[C@@H](n2ccc(N)nc2=O)[C@H](O)C1(F)F)Oc1cccc2ccccc12. The van der Waals surface area contributed by atoms with Gasteiger partial charge in [0.2, 0.25) is 5.60 Å². The number of alkyl halides is 4. The van der Waals surface area contributed by atoms with Gasteiger partial charge in [0.05, 0.1) is 12.7 Å². The number of hydrogen-bond acceptors (Lipinski definition) is 10. The van der Waals surface area contributed by atoms with Crippen molar-refractivity contribution in [3.05, 3.63) is 65.2 Å². The van der Waals surface area contributed by atoms with Gasteiger partial charge >= 0.3 is 25.3 Å². The summed E-state index contributed by atoms with van der Waals surface area (Å²) in [6.45, 7) is 2.46. The van der Waals surface area contributed by atoms with Gasteiger partial charge in [-0.2, -0.15) is 18.9 Å². The molecular weight excluding hydrogens is 603 g/mol. The number of carbonyl (C=O) groups is 1. The summed E-state index contributed by atoms with van der Waals surface area (Å²) >= 11 is 0. The lowest BCUT2D eigenvalue weighted by Crippen LogP contribution is -2.57. The molecule has 4 rings (SSSR count). The van der Waals surface area contributed by atoms with Crippen LogP contribution in [0.4, 0.5) is 23.4 Å². The average Bonchev–Trinajstić information content (AvgIpc) is 3.13. The maximum absolute atomic E-state index is 15.5. The Hall–Kier alpha value is -3.56. The van der Waals surface area contributed by atoms with E-state index in [2.05, 4.69) is 10.1 Å². The molecule has 17 heteroatoms. The smallest absolute Gasteiger partial charge is 0.459 e. The second-order valence-corrected chi connectivity index (χ2v) is 11.7. The van der Waals surface area contributed by atoms with Gasteiger partial charge in [0.25, 0.3) is 6.43 Å². The Balaban J connectivity index is 1.71. The van der Waals surface area contributed by atoms with Gasteiger partial charge in [-0.15, -0.1) is 0 Å². The minimum absolute atomic E-state index is 0.0963. The van der Waals surface area contributed by atoms with E-state index in [-0.39, 0.29) is 11.6 Å². The number of anilines is 1. The summed E-state index contributed by atoms with van der Waals surface area (Å²) in [5, 5.41) is 13.6. The van der Waals surface area contributed by atoms with E-state index < -0.39 is 68.4 Å². The van der Waals surface area contributed by atoms with Gasteiger partial charge in [-0.3, -0.25) is 13.9 Å². The van der Waals surface area contributed by atoms with Crippen LogP contribution in [0, 0.1) is 0 Å². The molecule has 234 valence electrons. The second-order valence-electron chi connectivity index (χ2n) is 9.98. The standard InChI is InChI=1S/C26H29F4N4O8P/c1-14(2)40-22(36)15(3)33-43(38,42-18-10-6-8-16-7-4-5-9-17(16)18)39-13-25(23(27)28)26(29,30)20(35)21(41-25)34-12-11-19(31)32-24(34)37/h4-12,14-15,20-21,23,35H,13H2,1-3H3,(H,33,38)(H2,31,32,37)/t15-,20-,21+,25-,43?/m0/s1. The van der Waals surface area contributed by atoms with Crippen molar-refractivity contribution >= 4 is 30.3 Å². The number of halogens is 4. The predicted octanol–water partition coefficient (Wildman–Crippen LogP) is 3.64. The highest BCUT2D eigenvalue weighted by atomic mass is 31.2. The number of aromatic nitrogens is 2. The van der Waals surface area contributed by atoms with Crippen LogP contribution in [0.3, 0.4) is 0 Å². The first-order valence-corrected chi connectivity index (χ1v) is 14.4. The number of aliphatic hydroxyl groups excluding tert-OH is 1. The molecule has 2 heterocycles. The molecule has 43 heavy (non-hydrogen) atoms. The van der Waals surface area contributed by atoms with Crippen molar-refractivity contribution in [3.8, 4) is 5.75 Å². The lowest BCUT2D eigenvalue weighted by atomic mass is 9.95. The first-order valence-electron chi connectivity index (χ1n) is 12.9. The number of nitrogens with two attached hydrogens (primary N) is 1. The van der Waals surface area contributed by atoms with Gasteiger partial charge in [0.15, 0.2) is 12.3 Å². The lowest BCUT2D eigenvalue weighted by molar-refractivity contribution is -0.242. The summed E-state index contributed by atoms with van der Waals surface area (Å²) in [4.78, 5) is 28.1. The number of nitrogens with one attached hydrogen (secondary N) is 1. The van der Waals surface area contributed by atoms with Crippen LogP contribution < -0.4 is 21.0 Å². The van der Waals surface area contributed by atoms with Crippen molar-refractivity contribution in [2.45, 2.75) is 63.2 Å². The molecule has 1 fully saturated rings. The molecule has 0 bridgehead atoms. The topological polar surface area (TPSA) is 164 Å². The number of hydrogen-bond donors (Lipinski definition) is 3. The molecule has 12 nitrogen and oxygen atoms in total. The second kappa shape index (κ2) is 12.2. The summed E-state index contributed by atoms with van der Waals surface area (Å²) < 4.78 is 95.2. The number of ether oxygens (including phenoxy) is 2. The fourth-order valence-corrected chi connectivity index (χ4v) is 5.85. The lowest BCUT2D eigenvalue weighted by Gasteiger charge is -2.34. The zero-order valence-corrected chi connectivity index (χ0v) is 23.9. The first-order chi connectivity index (χ1) is 20.1. The zero-order valence-electron chi connectivity index (χ0n) is 23.0. The third kappa shape index (κ3) is 6.38. The van der Waals surface area contributed by atoms with Gasteiger partial charge in [-0.1, -0.05) is 36.4 Å². The summed E-state index contributed by atoms with van der Waals surface area (Å²) in [5.74, 6) is -6.11. The number of benzene rings is 2. The van der Waals surface area contributed by atoms with Crippen LogP contribution >= 0.6 is 7.75 Å². The molecule has 0 radical (unpaired) electrons. The number of nitrogen functional groups attached to an aromatic ring is 1. The maximum atomic E-state index is 15.5. The molecule has 1 aromatic heterocycles. The van der Waals surface area contributed by atoms with Crippen LogP contribution in [-0.2, 0) is 23.4 Å². The molecule has 1 aliphatic heterocycles. The van der Waals surface area contributed by atoms with E-state index in [1.807, 2.05) is 0 Å². The van der Waals surface area contributed by atoms with Crippen molar-refractivity contribution in [2.24, 2.45) is 0 Å². The molecule has 0 aliphatic carbocycles. The summed E-state index contributed by atoms with van der Waals surface area (Å²) in [7, 11) is -4.99. The molecule has 3 aromatic rings. The fraction of sp³-hybridized carbons (Fsp3) is 0.423. The van der Waals surface area contributed by atoms with Crippen molar-refractivity contribution in [2.75, 3.05) is 12.3 Å². The van der Waals surface area contributed by atoms with E-state index in [4.69, 9.17) is 24.3 Å². The molecule has 4 N–H and O–H groups in total. The quantitative estimate of drug-likeness (QED) is 0.161. The van der Waals surface area contributed by atoms with E-state index in [0.29, 0.717) is 15.3 Å². The van der Waals surface area contributed by atoms with Crippen LogP contribution in [0.25, 0.3) is 10.8 Å². The third-order valence-electron chi connectivity index (χ3n) is 6.49. The Labute approximate surface area is 242 Å². The normalized spacial score (nSPS) is 23.8. The van der Waals surface area contributed by atoms with Gasteiger partial charge in [-0.25, -0.2) is 18.1 Å². The molecule has 5 atom stereocenters. The molecule has 0 amide bonds. The highest BCUT2D eigenvalue weighted by Gasteiger charge is 2.74. The van der Waals surface area contributed by atoms with Crippen LogP contribution in [0.5, 0.6) is 5.75 Å². The van der Waals surface area contributed by atoms with Crippen LogP contribution in [-0.4, -0.2) is 63.4 Å². The Kier molecular flexibility index (Phi) is 9.19. The number of rotatable bonds is 11. The molecule has 1 aliphatic rings. The number of nitrogens with zero attached hydrogens (tertiary/aromatic N) is 2. The Bertz CT molecular complexity index is 1590. The van der Waals surface area contributed by atoms with E-state index >= 15 is 8.78 Å². The summed E-state index contributed by atoms with van der Waals surface area (Å²) in [6, 6.07) is 10.8. The highest BCUT2D eigenvalue weighted by Crippen LogP contribution is 2.54. The minimum Gasteiger partial charge on any atom is -0.462 e. The Morgan fingerprint density at radius 1 is 1.19 bits per heavy atom. The zero-order chi connectivity index (χ0) is 31.7. The minimum atomic E-state index is -4.99. The van der Waals surface area contributed by atoms with Crippen molar-refractivity contribution < 1.29 is 50.5 Å². The number of fused-ring (bicyclic) bond motifs is 1. The average molecular weight is 633 g/mol. The molecule has 0 spiro atoms. The molecule has 0 saturated carbocycles. The van der Waals surface area contributed by atoms with E-state index in [1.165, 1.54) is 19.1 Å². The summed E-state index contributed by atoms with van der Waals surface area (Å²) in [5.41, 5.74) is 0.182. The van der Waals surface area contributed by atoms with Crippen molar-refractivity contribution in [3.63, 3.8) is 0 Å². The first kappa shape index (κ1) is 32.4. The van der Waals surface area contributed by atoms with Gasteiger partial charge in [0.1, 0.15) is 17.6 Å². The largest absolute Gasteiger partial charge is 0.462 e. The number of aliphatic hydroxyl groups is 1. The van der Waals surface area contributed by atoms with Crippen LogP contribution in [0.1, 0.15) is 27.0 Å². The van der Waals surface area contributed by atoms with Crippen molar-refractivity contribution in [1.82, 2.24) is 14.6 Å². The van der Waals surface area contributed by atoms with Gasteiger partial charge in [0, 0.05) is 11.6 Å². The fourth-order valence-electron chi connectivity index (χ4n) is 4.31. The molecular formula is C26H29F4N4O8P. The molecule has 1 saturated heterocycles. The molecule has 2 aromatic carbocycles. The monoisotopic (exact) mass is 632 g/mol. The number of esters is 1. The van der Waals surface area contributed by atoms with Gasteiger partial charge in [-0.05, 0) is 38.3 Å². The maximum Gasteiger partial charge on any atom is 0.459 e. The molecule has 1 unspecified atom stereocenters. The van der Waals surface area contributed by atoms with E-state index in [1.54, 1.807) is 44.2 Å². The van der Waals surface area contributed by atoms with E-state index in [9.17, 15) is 28.0 Å². The highest BCUT2D eigenvalue weighted by molar-refractivity contribution is 7.52. The van der Waals surface area contributed by atoms with Crippen LogP contribution in [0.2, 0.25) is 0 Å². The summed E-state index contributed by atoms with van der Waals surface area (Å²) in [6.07, 6.45) is -9.18.